The van der Waals surface area contributed by atoms with Crippen LogP contribution >= 0.6 is 0 Å². The Kier molecular flexibility index (Phi) is 1500. The Morgan fingerprint density at radius 1 is 1.22 bits per heavy atom. The first-order chi connectivity index (χ1) is 2.91. The normalized spacial score (nSPS) is 4.00. The van der Waals surface area contributed by atoms with Gasteiger partial charge in [0.1, 0.15) is 0 Å². The molecule has 0 atom stereocenters. The van der Waals surface area contributed by atoms with Crippen molar-refractivity contribution >= 4 is 0 Å². The first-order valence-corrected chi connectivity index (χ1v) is 1.90. The Labute approximate surface area is 52.5 Å². The van der Waals surface area contributed by atoms with Gasteiger partial charge < -0.3 is 5.11 Å². The fraction of sp³-hybridized carbons (Fsp3) is 1.00. The molecule has 3 heteroatoms. The van der Waals surface area contributed by atoms with Crippen molar-refractivity contribution in [3.05, 3.63) is 0 Å². The molecule has 0 saturated heterocycles. The van der Waals surface area contributed by atoms with Crippen molar-refractivity contribution in [2.75, 3.05) is 13.8 Å². The molecule has 1 N–H and O–H groups in total. The summed E-state index contributed by atoms with van der Waals surface area (Å²) in [6.07, 6.45) is 0.875. The van der Waals surface area contributed by atoms with Gasteiger partial charge in [-0.25, -0.2) is 0 Å². The Bertz CT molecular complexity index is 15.0. The van der Waals surface area contributed by atoms with Crippen LogP contribution in [0.4, 0.5) is 4.39 Å². The zero-order chi connectivity index (χ0) is 5.41. The van der Waals surface area contributed by atoms with E-state index in [9.17, 15) is 4.39 Å². The van der Waals surface area contributed by atoms with Crippen molar-refractivity contribution in [2.24, 2.45) is 0 Å². The Balaban J connectivity index is -0.00000000990. The summed E-state index contributed by atoms with van der Waals surface area (Å²) in [4.78, 5) is 0. The third-order valence-electron chi connectivity index (χ3n) is 0.224. The minimum atomic E-state index is 0. The molecule has 0 aromatic heterocycles. The second kappa shape index (κ2) is 302. The van der Waals surface area contributed by atoms with Gasteiger partial charge >= 0.3 is 0 Å². The van der Waals surface area contributed by atoms with E-state index in [2.05, 4.69) is 0 Å². The molecule has 0 aliphatic carbocycles. The van der Waals surface area contributed by atoms with Gasteiger partial charge in [0, 0.05) is 6.61 Å². The Morgan fingerprint density at radius 2 is 1.33 bits per heavy atom. The molecule has 0 fully saturated rings. The van der Waals surface area contributed by atoms with Gasteiger partial charge in [-0.15, -0.1) is 0 Å². The standard InChI is InChI=1S/C3H8O.CH3F.2CH4.Rf/c1-2-3-4;1-2;;;/h4H,2-3H2,1H3;1H3;2*1H4;. The first-order valence-electron chi connectivity index (χ1n) is 1.90. The number of hydrogen-bond acceptors (Lipinski definition) is 1. The quantitative estimate of drug-likeness (QED) is 0.725. The molecule has 0 heterocycles. The Morgan fingerprint density at radius 3 is 1.33 bits per heavy atom. The average molecular weight is 393 g/mol. The van der Waals surface area contributed by atoms with Crippen molar-refractivity contribution in [3.63, 3.8) is 0 Å². The van der Waals surface area contributed by atoms with E-state index >= 15 is 0 Å². The van der Waals surface area contributed by atoms with Crippen LogP contribution in [0.2, 0.25) is 0 Å². The van der Waals surface area contributed by atoms with E-state index in [1.54, 1.807) is 0 Å². The summed E-state index contributed by atoms with van der Waals surface area (Å²) in [5.74, 6) is 0. The topological polar surface area (TPSA) is 20.2 Å². The van der Waals surface area contributed by atoms with Crippen LogP contribution in [0.1, 0.15) is 28.2 Å². The van der Waals surface area contributed by atoms with Crippen LogP contribution in [0.15, 0.2) is 0 Å². The molecular formula is C6H19FORf. The molecule has 0 radical (unpaired) electrons. The predicted molar refractivity (Wildman–Crippen MR) is 37.9 cm³/mol. The molecule has 0 spiro atoms. The molecule has 0 unspecified atom stereocenters. The minimum Gasteiger partial charge on any atom is -0.396 e. The molecule has 0 amide bonds. The summed E-state index contributed by atoms with van der Waals surface area (Å²) < 4.78 is 9.50. The van der Waals surface area contributed by atoms with E-state index in [0.29, 0.717) is 13.8 Å². The number of hydrogen-bond donors (Lipinski definition) is 1. The number of alkyl halides is 1. The van der Waals surface area contributed by atoms with E-state index < -0.39 is 0 Å². The molecule has 0 aromatic rings. The molecule has 1 nitrogen and oxygen atoms in total. The molecule has 0 aliphatic rings. The zero-order valence-corrected chi connectivity index (χ0v) is 11.3. The largest absolute Gasteiger partial charge is 0.396 e. The SMILES string of the molecule is C.C.CCCO.CF.[Rf]. The molecule has 58 valence electrons. The van der Waals surface area contributed by atoms with E-state index in [1.807, 2.05) is 6.92 Å². The van der Waals surface area contributed by atoms with E-state index in [-0.39, 0.29) is 14.9 Å². The molecular weight excluding hydrogens is 374 g/mol. The summed E-state index contributed by atoms with van der Waals surface area (Å²) in [6.45, 7) is 2.25. The van der Waals surface area contributed by atoms with Gasteiger partial charge in [0.05, 0.1) is 7.18 Å². The van der Waals surface area contributed by atoms with Crippen molar-refractivity contribution in [1.82, 2.24) is 0 Å². The van der Waals surface area contributed by atoms with E-state index in [0.717, 1.165) is 6.42 Å². The third kappa shape index (κ3) is 13600. The van der Waals surface area contributed by atoms with E-state index in [4.69, 9.17) is 5.11 Å². The first kappa shape index (κ1) is 44.8. The van der Waals surface area contributed by atoms with Crippen LogP contribution in [0.3, 0.4) is 0 Å². The summed E-state index contributed by atoms with van der Waals surface area (Å²) in [5, 5.41) is 7.88. The molecule has 0 saturated carbocycles. The van der Waals surface area contributed by atoms with Crippen molar-refractivity contribution < 1.29 is 9.50 Å². The van der Waals surface area contributed by atoms with Crippen LogP contribution in [0, 0.1) is 0 Å². The smallest absolute Gasteiger partial charge is 0.0785 e. The van der Waals surface area contributed by atoms with Gasteiger partial charge in [0.2, 0.25) is 0 Å². The van der Waals surface area contributed by atoms with Crippen molar-refractivity contribution in [3.8, 4) is 0 Å². The average Bonchev–Trinajstić information content (AvgIpc) is 1.72. The van der Waals surface area contributed by atoms with Gasteiger partial charge in [-0.05, 0) is 6.42 Å². The maximum Gasteiger partial charge on any atom is 0.0785 e. The summed E-state index contributed by atoms with van der Waals surface area (Å²) >= 11 is 0. The van der Waals surface area contributed by atoms with Crippen molar-refractivity contribution in [1.29, 1.82) is 0 Å². The number of rotatable bonds is 1. The monoisotopic (exact) mass is 393 g/mol. The zero-order valence-electron chi connectivity index (χ0n) is 4.95. The van der Waals surface area contributed by atoms with Crippen LogP contribution in [-0.2, 0) is 0 Å². The molecule has 0 rings (SSSR count). The second-order valence-corrected chi connectivity index (χ2v) is 0.724. The summed E-state index contributed by atoms with van der Waals surface area (Å²) in [7, 11) is 0.500. The fourth-order valence-electron chi connectivity index (χ4n) is 0. The summed E-state index contributed by atoms with van der Waals surface area (Å²) in [5.41, 5.74) is 0. The number of halogens is 1. The van der Waals surface area contributed by atoms with Crippen molar-refractivity contribution in [2.45, 2.75) is 28.2 Å². The second-order valence-electron chi connectivity index (χ2n) is 0.724. The number of aliphatic hydroxyl groups excluding tert-OH is 1. The predicted octanol–water partition coefficient (Wildman–Crippen LogP) is 2.25. The Hall–Kier alpha value is -1.11. The summed E-state index contributed by atoms with van der Waals surface area (Å²) in [6, 6.07) is 0. The number of aliphatic hydroxyl groups is 1. The van der Waals surface area contributed by atoms with Gasteiger partial charge in [0.15, 0.2) is 0 Å². The van der Waals surface area contributed by atoms with Crippen LogP contribution in [-0.4, -0.2) is 18.9 Å². The molecule has 9 heavy (non-hydrogen) atoms. The maximum atomic E-state index is 9.50. The van der Waals surface area contributed by atoms with Crippen LogP contribution in [0.25, 0.3) is 0 Å². The van der Waals surface area contributed by atoms with E-state index in [1.165, 1.54) is 0 Å². The van der Waals surface area contributed by atoms with Gasteiger partial charge in [-0.3, -0.25) is 4.39 Å². The van der Waals surface area contributed by atoms with Crippen LogP contribution < -0.4 is 0 Å². The van der Waals surface area contributed by atoms with Gasteiger partial charge in [-0.1, -0.05) is 21.8 Å². The van der Waals surface area contributed by atoms with Gasteiger partial charge in [0.25, 0.3) is 0 Å². The maximum absolute atomic E-state index is 9.50. The fourth-order valence-corrected chi connectivity index (χ4v) is 0. The molecule has 0 aromatic carbocycles. The molecule has 0 aliphatic heterocycles. The van der Waals surface area contributed by atoms with Crippen LogP contribution in [0.5, 0.6) is 0 Å². The van der Waals surface area contributed by atoms with Gasteiger partial charge in [-0.2, -0.15) is 0 Å². The molecule has 0 bridgehead atoms. The third-order valence-corrected chi connectivity index (χ3v) is 0.224. The minimum absolute atomic E-state index is 0.